The normalized spacial score (nSPS) is 11.8. The summed E-state index contributed by atoms with van der Waals surface area (Å²) in [5.41, 5.74) is 2.75. The van der Waals surface area contributed by atoms with Crippen LogP contribution in [0.25, 0.3) is 11.0 Å². The van der Waals surface area contributed by atoms with Gasteiger partial charge in [0.1, 0.15) is 18.1 Å². The van der Waals surface area contributed by atoms with Gasteiger partial charge in [-0.3, -0.25) is 14.6 Å². The van der Waals surface area contributed by atoms with Gasteiger partial charge >= 0.3 is 0 Å². The van der Waals surface area contributed by atoms with Crippen LogP contribution in [0.15, 0.2) is 73.1 Å². The predicted octanol–water partition coefficient (Wildman–Crippen LogP) is 3.01. The molecular formula is C25H25ClN6O3. The molecular weight excluding hydrogens is 468 g/mol. The molecule has 0 saturated carbocycles. The molecule has 0 aliphatic rings. The Morgan fingerprint density at radius 2 is 1.83 bits per heavy atom. The molecule has 9 nitrogen and oxygen atoms in total. The van der Waals surface area contributed by atoms with Crippen LogP contribution >= 0.6 is 11.6 Å². The number of nitrogens with one attached hydrogen (secondary N) is 1. The Morgan fingerprint density at radius 1 is 1.09 bits per heavy atom. The quantitative estimate of drug-likeness (QED) is 0.341. The van der Waals surface area contributed by atoms with Crippen LogP contribution in [-0.4, -0.2) is 57.0 Å². The van der Waals surface area contributed by atoms with E-state index in [1.807, 2.05) is 42.5 Å². The van der Waals surface area contributed by atoms with Gasteiger partial charge in [0.2, 0.25) is 11.8 Å². The molecule has 2 amide bonds. The summed E-state index contributed by atoms with van der Waals surface area (Å²) >= 11 is 6.43. The van der Waals surface area contributed by atoms with Gasteiger partial charge in [-0.05, 0) is 41.5 Å². The Labute approximate surface area is 207 Å². The van der Waals surface area contributed by atoms with Crippen LogP contribution in [0.4, 0.5) is 0 Å². The molecule has 180 valence electrons. The highest BCUT2D eigenvalue weighted by atomic mass is 35.5. The minimum absolute atomic E-state index is 0.0993. The third-order valence-corrected chi connectivity index (χ3v) is 5.88. The summed E-state index contributed by atoms with van der Waals surface area (Å²) < 4.78 is 6.60. The minimum atomic E-state index is -0.923. The van der Waals surface area contributed by atoms with Crippen LogP contribution < -0.4 is 5.32 Å². The molecule has 4 aromatic rings. The maximum Gasteiger partial charge on any atom is 0.247 e. The highest BCUT2D eigenvalue weighted by Gasteiger charge is 2.32. The lowest BCUT2D eigenvalue weighted by Crippen LogP contribution is -2.45. The first-order valence-corrected chi connectivity index (χ1v) is 11.4. The summed E-state index contributed by atoms with van der Waals surface area (Å²) in [4.78, 5) is 32.8. The van der Waals surface area contributed by atoms with Gasteiger partial charge in [0.05, 0.1) is 12.1 Å². The van der Waals surface area contributed by atoms with Crippen molar-refractivity contribution in [1.82, 2.24) is 30.2 Å². The van der Waals surface area contributed by atoms with Gasteiger partial charge in [0.15, 0.2) is 0 Å². The van der Waals surface area contributed by atoms with Gasteiger partial charge < -0.3 is 15.0 Å². The monoisotopic (exact) mass is 492 g/mol. The molecule has 1 unspecified atom stereocenters. The molecule has 0 aliphatic carbocycles. The number of hydrogen-bond donors (Lipinski definition) is 1. The summed E-state index contributed by atoms with van der Waals surface area (Å²) in [6.45, 7) is 0.671. The van der Waals surface area contributed by atoms with Crippen LogP contribution in [0, 0.1) is 0 Å². The average molecular weight is 493 g/mol. The molecule has 4 rings (SSSR count). The second-order valence-corrected chi connectivity index (χ2v) is 8.22. The second kappa shape index (κ2) is 11.5. The van der Waals surface area contributed by atoms with E-state index in [0.29, 0.717) is 29.3 Å². The van der Waals surface area contributed by atoms with Crippen molar-refractivity contribution in [3.8, 4) is 0 Å². The number of para-hydroxylation sites is 1. The standard InChI is InChI=1S/C25H25ClN6O3/c1-35-15-14-28-25(34)24(18-10-12-27-13-11-18)31(16-19-6-2-3-7-20(19)26)23(33)17-32-22-9-5-4-8-21(22)29-30-32/h2-13,24H,14-17H2,1H3,(H,28,34). The number of hydrogen-bond acceptors (Lipinski definition) is 6. The van der Waals surface area contributed by atoms with E-state index in [-0.39, 0.29) is 24.9 Å². The number of benzene rings is 2. The largest absolute Gasteiger partial charge is 0.383 e. The van der Waals surface area contributed by atoms with Crippen molar-refractivity contribution in [2.45, 2.75) is 19.1 Å². The number of carbonyl (C=O) groups excluding carboxylic acids is 2. The number of rotatable bonds is 10. The van der Waals surface area contributed by atoms with Crippen LogP contribution in [0.1, 0.15) is 17.2 Å². The zero-order valence-corrected chi connectivity index (χ0v) is 19.9. The van der Waals surface area contributed by atoms with E-state index in [2.05, 4.69) is 20.6 Å². The highest BCUT2D eigenvalue weighted by Crippen LogP contribution is 2.26. The number of ether oxygens (including phenoxy) is 1. The van der Waals surface area contributed by atoms with Crippen LogP contribution in [0.3, 0.4) is 0 Å². The Kier molecular flexibility index (Phi) is 8.02. The zero-order chi connectivity index (χ0) is 24.6. The van der Waals surface area contributed by atoms with E-state index in [4.69, 9.17) is 16.3 Å². The molecule has 1 atom stereocenters. The van der Waals surface area contributed by atoms with Crippen molar-refractivity contribution in [3.63, 3.8) is 0 Å². The van der Waals surface area contributed by atoms with Crippen molar-refractivity contribution < 1.29 is 14.3 Å². The first kappa shape index (κ1) is 24.3. The van der Waals surface area contributed by atoms with E-state index in [9.17, 15) is 9.59 Å². The Hall–Kier alpha value is -3.82. The SMILES string of the molecule is COCCNC(=O)C(c1ccncc1)N(Cc1ccccc1Cl)C(=O)Cn1nnc2ccccc21. The summed E-state index contributed by atoms with van der Waals surface area (Å²) in [6.07, 6.45) is 3.18. The van der Waals surface area contributed by atoms with Gasteiger partial charge in [0, 0.05) is 37.6 Å². The fourth-order valence-corrected chi connectivity index (χ4v) is 3.97. The van der Waals surface area contributed by atoms with Crippen molar-refractivity contribution in [3.05, 3.63) is 89.2 Å². The summed E-state index contributed by atoms with van der Waals surface area (Å²) in [6, 6.07) is 17.2. The van der Waals surface area contributed by atoms with E-state index < -0.39 is 6.04 Å². The molecule has 0 bridgehead atoms. The van der Waals surface area contributed by atoms with E-state index >= 15 is 0 Å². The maximum absolute atomic E-state index is 13.8. The van der Waals surface area contributed by atoms with E-state index in [0.717, 1.165) is 11.1 Å². The van der Waals surface area contributed by atoms with Crippen LogP contribution in [0.5, 0.6) is 0 Å². The average Bonchev–Trinajstić information content (AvgIpc) is 3.28. The molecule has 0 radical (unpaired) electrons. The van der Waals surface area contributed by atoms with Crippen LogP contribution in [0.2, 0.25) is 5.02 Å². The predicted molar refractivity (Wildman–Crippen MR) is 131 cm³/mol. The van der Waals surface area contributed by atoms with Crippen molar-refractivity contribution in [2.24, 2.45) is 0 Å². The molecule has 2 aromatic heterocycles. The number of methoxy groups -OCH3 is 1. The first-order chi connectivity index (χ1) is 17.1. The summed E-state index contributed by atoms with van der Waals surface area (Å²) in [5, 5.41) is 11.6. The van der Waals surface area contributed by atoms with Gasteiger partial charge in [-0.15, -0.1) is 5.10 Å². The number of carbonyl (C=O) groups is 2. The smallest absolute Gasteiger partial charge is 0.247 e. The third kappa shape index (κ3) is 5.82. The number of nitrogens with zero attached hydrogens (tertiary/aromatic N) is 5. The molecule has 2 aromatic carbocycles. The first-order valence-electron chi connectivity index (χ1n) is 11.1. The molecule has 10 heteroatoms. The molecule has 35 heavy (non-hydrogen) atoms. The number of halogens is 1. The maximum atomic E-state index is 13.8. The molecule has 0 fully saturated rings. The molecule has 1 N–H and O–H groups in total. The lowest BCUT2D eigenvalue weighted by atomic mass is 10.0. The minimum Gasteiger partial charge on any atom is -0.383 e. The topological polar surface area (TPSA) is 102 Å². The Bertz CT molecular complexity index is 1300. The van der Waals surface area contributed by atoms with Crippen LogP contribution in [-0.2, 0) is 27.4 Å². The van der Waals surface area contributed by atoms with E-state index in [1.54, 1.807) is 37.7 Å². The number of pyridine rings is 1. The van der Waals surface area contributed by atoms with Gasteiger partial charge in [-0.25, -0.2) is 4.68 Å². The van der Waals surface area contributed by atoms with Crippen molar-refractivity contribution >= 4 is 34.4 Å². The fourth-order valence-electron chi connectivity index (χ4n) is 3.78. The Balaban J connectivity index is 1.72. The molecule has 0 spiro atoms. The number of amides is 2. The highest BCUT2D eigenvalue weighted by molar-refractivity contribution is 6.31. The fraction of sp³-hybridized carbons (Fsp3) is 0.240. The lowest BCUT2D eigenvalue weighted by Gasteiger charge is -2.31. The molecule has 2 heterocycles. The van der Waals surface area contributed by atoms with Gasteiger partial charge in [-0.2, -0.15) is 0 Å². The zero-order valence-electron chi connectivity index (χ0n) is 19.2. The lowest BCUT2D eigenvalue weighted by molar-refractivity contribution is -0.142. The number of fused-ring (bicyclic) bond motifs is 1. The Morgan fingerprint density at radius 3 is 2.60 bits per heavy atom. The van der Waals surface area contributed by atoms with Crippen molar-refractivity contribution in [2.75, 3.05) is 20.3 Å². The van der Waals surface area contributed by atoms with E-state index in [1.165, 1.54) is 9.58 Å². The summed E-state index contributed by atoms with van der Waals surface area (Å²) in [7, 11) is 1.56. The summed E-state index contributed by atoms with van der Waals surface area (Å²) in [5.74, 6) is -0.652. The number of aromatic nitrogens is 4. The third-order valence-electron chi connectivity index (χ3n) is 5.51. The van der Waals surface area contributed by atoms with Crippen molar-refractivity contribution in [1.29, 1.82) is 0 Å². The van der Waals surface area contributed by atoms with Gasteiger partial charge in [-0.1, -0.05) is 47.1 Å². The molecule has 0 aliphatic heterocycles. The molecule has 0 saturated heterocycles. The van der Waals surface area contributed by atoms with Gasteiger partial charge in [0.25, 0.3) is 0 Å². The second-order valence-electron chi connectivity index (χ2n) is 7.82.